The predicted molar refractivity (Wildman–Crippen MR) is 94.1 cm³/mol. The van der Waals surface area contributed by atoms with Crippen molar-refractivity contribution in [1.82, 2.24) is 15.1 Å². The van der Waals surface area contributed by atoms with E-state index in [1.54, 1.807) is 6.08 Å². The number of imide groups is 1. The Kier molecular flexibility index (Phi) is 6.89. The summed E-state index contributed by atoms with van der Waals surface area (Å²) in [5, 5.41) is 6.68. The van der Waals surface area contributed by atoms with Gasteiger partial charge in [-0.1, -0.05) is 39.5 Å². The fourth-order valence-corrected chi connectivity index (χ4v) is 3.21. The number of nitrogens with zero attached hydrogens (tertiary/aromatic N) is 2. The van der Waals surface area contributed by atoms with Crippen molar-refractivity contribution >= 4 is 29.0 Å². The van der Waals surface area contributed by atoms with Crippen LogP contribution >= 0.6 is 11.8 Å². The van der Waals surface area contributed by atoms with E-state index in [2.05, 4.69) is 24.3 Å². The molecular weight excluding hydrogens is 310 g/mol. The topological polar surface area (TPSA) is 64.0 Å². The van der Waals surface area contributed by atoms with Crippen molar-refractivity contribution in [2.24, 2.45) is 0 Å². The van der Waals surface area contributed by atoms with Gasteiger partial charge in [-0.25, -0.2) is 0 Å². The maximum atomic E-state index is 11.7. The quantitative estimate of drug-likeness (QED) is 0.544. The zero-order chi connectivity index (χ0) is 16.7. The first-order chi connectivity index (χ1) is 11.1. The highest BCUT2D eigenvalue weighted by Gasteiger charge is 2.25. The van der Waals surface area contributed by atoms with E-state index in [-0.39, 0.29) is 11.1 Å². The van der Waals surface area contributed by atoms with Crippen LogP contribution in [0.15, 0.2) is 11.1 Å². The molecule has 23 heavy (non-hydrogen) atoms. The van der Waals surface area contributed by atoms with Crippen molar-refractivity contribution in [1.29, 1.82) is 0 Å². The molecule has 0 bridgehead atoms. The molecule has 0 aliphatic carbocycles. The lowest BCUT2D eigenvalue weighted by Gasteiger charge is -2.00. The lowest BCUT2D eigenvalue weighted by atomic mass is 10.1. The van der Waals surface area contributed by atoms with E-state index in [9.17, 15) is 9.59 Å². The van der Waals surface area contributed by atoms with Crippen LogP contribution in [0.5, 0.6) is 0 Å². The van der Waals surface area contributed by atoms with Crippen molar-refractivity contribution in [2.45, 2.75) is 65.3 Å². The Labute approximate surface area is 141 Å². The molecule has 0 aromatic carbocycles. The normalized spacial score (nSPS) is 16.3. The molecule has 2 amide bonds. The Hall–Kier alpha value is -1.56. The Morgan fingerprint density at radius 1 is 1.17 bits per heavy atom. The molecule has 5 nitrogen and oxygen atoms in total. The van der Waals surface area contributed by atoms with Crippen LogP contribution in [0.2, 0.25) is 0 Å². The summed E-state index contributed by atoms with van der Waals surface area (Å²) in [6, 6.07) is 0. The van der Waals surface area contributed by atoms with Crippen LogP contribution in [-0.2, 0) is 17.8 Å². The smallest absolute Gasteiger partial charge is 0.282 e. The van der Waals surface area contributed by atoms with Gasteiger partial charge in [0.2, 0.25) is 0 Å². The number of aromatic nitrogens is 2. The second kappa shape index (κ2) is 8.91. The number of carbonyl (C=O) groups excluding carboxylic acids is 2. The van der Waals surface area contributed by atoms with Gasteiger partial charge in [0.05, 0.1) is 10.6 Å². The summed E-state index contributed by atoms with van der Waals surface area (Å²) in [6.07, 6.45) is 11.6. The molecule has 1 aromatic heterocycles. The van der Waals surface area contributed by atoms with Gasteiger partial charge in [0.25, 0.3) is 11.1 Å². The maximum Gasteiger partial charge on any atom is 0.290 e. The van der Waals surface area contributed by atoms with Gasteiger partial charge in [-0.15, -0.1) is 0 Å². The molecule has 0 unspecified atom stereocenters. The molecule has 0 radical (unpaired) electrons. The minimum atomic E-state index is -0.307. The summed E-state index contributed by atoms with van der Waals surface area (Å²) in [5.41, 5.74) is 1.99. The number of rotatable bonds is 9. The molecule has 1 aromatic rings. The van der Waals surface area contributed by atoms with E-state index in [1.165, 1.54) is 25.7 Å². The molecule has 0 saturated carbocycles. The molecule has 2 rings (SSSR count). The summed E-state index contributed by atoms with van der Waals surface area (Å²) < 4.78 is 1.97. The minimum absolute atomic E-state index is 0.302. The standard InChI is InChI=1S/C17H25N3O2S/c1-3-5-7-9-14-13(11-15-16(21)18-17(22)23-15)12-20(19-14)10-8-6-4-2/h11-12H,3-10H2,1-2H3,(H,18,21,22). The van der Waals surface area contributed by atoms with Gasteiger partial charge in [0, 0.05) is 18.3 Å². The highest BCUT2D eigenvalue weighted by atomic mass is 32.2. The SMILES string of the molecule is CCCCCc1nn(CCCCC)cc1C=C1SC(=O)NC1=O. The fourth-order valence-electron chi connectivity index (χ4n) is 2.53. The van der Waals surface area contributed by atoms with Crippen LogP contribution in [0, 0.1) is 0 Å². The third-order valence-corrected chi connectivity index (χ3v) is 4.62. The van der Waals surface area contributed by atoms with Crippen LogP contribution in [0.3, 0.4) is 0 Å². The molecule has 0 atom stereocenters. The zero-order valence-corrected chi connectivity index (χ0v) is 14.7. The summed E-state index contributed by atoms with van der Waals surface area (Å²) in [5.74, 6) is -0.307. The Morgan fingerprint density at radius 3 is 2.57 bits per heavy atom. The maximum absolute atomic E-state index is 11.7. The van der Waals surface area contributed by atoms with Crippen molar-refractivity contribution in [3.63, 3.8) is 0 Å². The molecule has 6 heteroatoms. The van der Waals surface area contributed by atoms with Crippen molar-refractivity contribution in [3.05, 3.63) is 22.4 Å². The predicted octanol–water partition coefficient (Wildman–Crippen LogP) is 4.13. The number of hydrogen-bond donors (Lipinski definition) is 1. The molecule has 2 heterocycles. The van der Waals surface area contributed by atoms with Crippen LogP contribution in [-0.4, -0.2) is 20.9 Å². The second-order valence-electron chi connectivity index (χ2n) is 5.81. The van der Waals surface area contributed by atoms with Crippen molar-refractivity contribution < 1.29 is 9.59 Å². The molecule has 126 valence electrons. The third kappa shape index (κ3) is 5.23. The summed E-state index contributed by atoms with van der Waals surface area (Å²) in [6.45, 7) is 5.26. The lowest BCUT2D eigenvalue weighted by molar-refractivity contribution is -0.115. The summed E-state index contributed by atoms with van der Waals surface area (Å²) in [4.78, 5) is 23.5. The van der Waals surface area contributed by atoms with Crippen LogP contribution < -0.4 is 5.32 Å². The first-order valence-corrected chi connectivity index (χ1v) is 9.26. The largest absolute Gasteiger partial charge is 0.290 e. The minimum Gasteiger partial charge on any atom is -0.282 e. The first-order valence-electron chi connectivity index (χ1n) is 8.45. The van der Waals surface area contributed by atoms with Crippen LogP contribution in [0.1, 0.15) is 63.6 Å². The highest BCUT2D eigenvalue weighted by Crippen LogP contribution is 2.27. The molecule has 1 aliphatic heterocycles. The van der Waals surface area contributed by atoms with E-state index < -0.39 is 0 Å². The number of thioether (sulfide) groups is 1. The number of carbonyl (C=O) groups is 2. The average Bonchev–Trinajstić information content (AvgIpc) is 3.03. The fraction of sp³-hybridized carbons (Fsp3) is 0.588. The number of aryl methyl sites for hydroxylation is 2. The Balaban J connectivity index is 2.15. The third-order valence-electron chi connectivity index (χ3n) is 3.81. The number of unbranched alkanes of at least 4 members (excludes halogenated alkanes) is 4. The Morgan fingerprint density at radius 2 is 1.91 bits per heavy atom. The molecule has 0 spiro atoms. The second-order valence-corrected chi connectivity index (χ2v) is 6.83. The van der Waals surface area contributed by atoms with Gasteiger partial charge >= 0.3 is 0 Å². The van der Waals surface area contributed by atoms with Crippen LogP contribution in [0.25, 0.3) is 6.08 Å². The Bertz CT molecular complexity index is 593. The molecular formula is C17H25N3O2S. The molecule has 1 saturated heterocycles. The molecule has 1 fully saturated rings. The lowest BCUT2D eigenvalue weighted by Crippen LogP contribution is -2.17. The van der Waals surface area contributed by atoms with E-state index in [0.717, 1.165) is 48.8 Å². The van der Waals surface area contributed by atoms with Gasteiger partial charge in [0.1, 0.15) is 0 Å². The van der Waals surface area contributed by atoms with E-state index in [4.69, 9.17) is 0 Å². The van der Waals surface area contributed by atoms with Crippen molar-refractivity contribution in [3.8, 4) is 0 Å². The number of hydrogen-bond acceptors (Lipinski definition) is 4. The summed E-state index contributed by atoms with van der Waals surface area (Å²) >= 11 is 0.961. The van der Waals surface area contributed by atoms with E-state index >= 15 is 0 Å². The van der Waals surface area contributed by atoms with Gasteiger partial charge in [-0.3, -0.25) is 19.6 Å². The monoisotopic (exact) mass is 335 g/mol. The van der Waals surface area contributed by atoms with Gasteiger partial charge in [0.15, 0.2) is 0 Å². The van der Waals surface area contributed by atoms with E-state index in [0.29, 0.717) is 4.91 Å². The molecule has 1 aliphatic rings. The van der Waals surface area contributed by atoms with E-state index in [1.807, 2.05) is 10.9 Å². The molecule has 1 N–H and O–H groups in total. The summed E-state index contributed by atoms with van der Waals surface area (Å²) in [7, 11) is 0. The average molecular weight is 335 g/mol. The first kappa shape index (κ1) is 17.8. The van der Waals surface area contributed by atoms with Gasteiger partial charge < -0.3 is 0 Å². The highest BCUT2D eigenvalue weighted by molar-refractivity contribution is 8.18. The van der Waals surface area contributed by atoms with Crippen molar-refractivity contribution in [2.75, 3.05) is 0 Å². The van der Waals surface area contributed by atoms with Crippen LogP contribution in [0.4, 0.5) is 4.79 Å². The van der Waals surface area contributed by atoms with Gasteiger partial charge in [-0.2, -0.15) is 5.10 Å². The van der Waals surface area contributed by atoms with Gasteiger partial charge in [-0.05, 0) is 37.1 Å². The number of amides is 2. The zero-order valence-electron chi connectivity index (χ0n) is 13.9. The number of nitrogens with one attached hydrogen (secondary N) is 1.